The van der Waals surface area contributed by atoms with Crippen LogP contribution in [0.5, 0.6) is 0 Å². The summed E-state index contributed by atoms with van der Waals surface area (Å²) in [5.41, 5.74) is 0.700. The molecule has 0 spiro atoms. The number of carbonyl (C=O) groups is 1. The Bertz CT molecular complexity index is 629. The molecule has 0 aliphatic heterocycles. The zero-order chi connectivity index (χ0) is 14.7. The molecule has 2 aromatic rings. The summed E-state index contributed by atoms with van der Waals surface area (Å²) in [4.78, 5) is 17.0. The third-order valence-corrected chi connectivity index (χ3v) is 3.11. The van der Waals surface area contributed by atoms with Crippen LogP contribution in [-0.2, 0) is 6.54 Å². The Morgan fingerprint density at radius 1 is 1.30 bits per heavy atom. The van der Waals surface area contributed by atoms with E-state index >= 15 is 0 Å². The maximum absolute atomic E-state index is 13.5. The van der Waals surface area contributed by atoms with Crippen molar-refractivity contribution in [3.8, 4) is 0 Å². The van der Waals surface area contributed by atoms with Crippen molar-refractivity contribution in [2.45, 2.75) is 6.54 Å². The fourth-order valence-electron chi connectivity index (χ4n) is 1.80. The smallest absolute Gasteiger partial charge is 0.258 e. The summed E-state index contributed by atoms with van der Waals surface area (Å²) in [7, 11) is 1.57. The highest BCUT2D eigenvalue weighted by molar-refractivity contribution is 6.34. The van der Waals surface area contributed by atoms with E-state index < -0.39 is 11.9 Å². The van der Waals surface area contributed by atoms with Crippen LogP contribution in [0, 0.1) is 5.95 Å². The van der Waals surface area contributed by atoms with Crippen LogP contribution in [0.1, 0.15) is 15.9 Å². The van der Waals surface area contributed by atoms with Gasteiger partial charge in [-0.3, -0.25) is 4.79 Å². The second kappa shape index (κ2) is 6.20. The minimum atomic E-state index is -0.784. The number of amides is 1. The van der Waals surface area contributed by atoms with Gasteiger partial charge in [0.25, 0.3) is 5.91 Å². The van der Waals surface area contributed by atoms with E-state index in [1.807, 2.05) is 0 Å². The van der Waals surface area contributed by atoms with Crippen LogP contribution in [0.15, 0.2) is 36.5 Å². The molecule has 0 radical (unpaired) electrons. The Labute approximate surface area is 125 Å². The first-order valence-corrected chi connectivity index (χ1v) is 6.54. The first-order chi connectivity index (χ1) is 9.47. The fourth-order valence-corrected chi connectivity index (χ4v) is 2.37. The SMILES string of the molecule is CN(Cc1cc(Cl)cc(Cl)c1)C(=O)c1cccnc1F. The van der Waals surface area contributed by atoms with Gasteiger partial charge in [-0.05, 0) is 35.9 Å². The van der Waals surface area contributed by atoms with E-state index in [4.69, 9.17) is 23.2 Å². The molecule has 1 amide bonds. The molecule has 6 heteroatoms. The molecule has 1 aromatic heterocycles. The predicted molar refractivity (Wildman–Crippen MR) is 76.5 cm³/mol. The quantitative estimate of drug-likeness (QED) is 0.808. The molecule has 0 saturated heterocycles. The van der Waals surface area contributed by atoms with Gasteiger partial charge in [0.1, 0.15) is 0 Å². The minimum Gasteiger partial charge on any atom is -0.337 e. The number of carbonyl (C=O) groups excluding carboxylic acids is 1. The van der Waals surface area contributed by atoms with Crippen molar-refractivity contribution >= 4 is 29.1 Å². The highest BCUT2D eigenvalue weighted by Crippen LogP contribution is 2.20. The topological polar surface area (TPSA) is 33.2 Å². The lowest BCUT2D eigenvalue weighted by molar-refractivity contribution is 0.0779. The molecule has 1 heterocycles. The second-order valence-corrected chi connectivity index (χ2v) is 5.15. The van der Waals surface area contributed by atoms with Crippen molar-refractivity contribution < 1.29 is 9.18 Å². The normalized spacial score (nSPS) is 10.4. The van der Waals surface area contributed by atoms with Crippen LogP contribution < -0.4 is 0 Å². The summed E-state index contributed by atoms with van der Waals surface area (Å²) >= 11 is 11.8. The van der Waals surface area contributed by atoms with Crippen LogP contribution >= 0.6 is 23.2 Å². The highest BCUT2D eigenvalue weighted by atomic mass is 35.5. The molecule has 0 aliphatic rings. The molecule has 0 atom stereocenters. The molecule has 0 bridgehead atoms. The van der Waals surface area contributed by atoms with Gasteiger partial charge < -0.3 is 4.90 Å². The summed E-state index contributed by atoms with van der Waals surface area (Å²) in [6.45, 7) is 0.271. The zero-order valence-electron chi connectivity index (χ0n) is 10.6. The van der Waals surface area contributed by atoms with Crippen molar-refractivity contribution in [2.24, 2.45) is 0 Å². The van der Waals surface area contributed by atoms with Crippen molar-refractivity contribution in [3.05, 3.63) is 63.6 Å². The van der Waals surface area contributed by atoms with Crippen molar-refractivity contribution in [3.63, 3.8) is 0 Å². The van der Waals surface area contributed by atoms with Crippen LogP contribution in [0.2, 0.25) is 10.0 Å². The number of nitrogens with zero attached hydrogens (tertiary/aromatic N) is 2. The highest BCUT2D eigenvalue weighted by Gasteiger charge is 2.17. The minimum absolute atomic E-state index is 0.0666. The van der Waals surface area contributed by atoms with Gasteiger partial charge in [0.2, 0.25) is 5.95 Å². The molecule has 0 N–H and O–H groups in total. The number of benzene rings is 1. The fraction of sp³-hybridized carbons (Fsp3) is 0.143. The lowest BCUT2D eigenvalue weighted by atomic mass is 10.2. The molecule has 0 unspecified atom stereocenters. The molecule has 0 saturated carbocycles. The second-order valence-electron chi connectivity index (χ2n) is 4.28. The monoisotopic (exact) mass is 312 g/mol. The van der Waals surface area contributed by atoms with Gasteiger partial charge >= 0.3 is 0 Å². The Morgan fingerprint density at radius 2 is 1.95 bits per heavy atom. The third-order valence-electron chi connectivity index (χ3n) is 2.68. The number of pyridine rings is 1. The number of hydrogen-bond acceptors (Lipinski definition) is 2. The summed E-state index contributed by atoms with van der Waals surface area (Å²) in [5, 5.41) is 0.974. The molecular formula is C14H11Cl2FN2O. The van der Waals surface area contributed by atoms with Crippen LogP contribution in [-0.4, -0.2) is 22.8 Å². The van der Waals surface area contributed by atoms with Gasteiger partial charge in [0.05, 0.1) is 5.56 Å². The van der Waals surface area contributed by atoms with Gasteiger partial charge in [0, 0.05) is 29.8 Å². The first kappa shape index (κ1) is 14.8. The van der Waals surface area contributed by atoms with E-state index in [1.54, 1.807) is 25.2 Å². The van der Waals surface area contributed by atoms with E-state index in [2.05, 4.69) is 4.98 Å². The standard InChI is InChI=1S/C14H11Cl2FN2O/c1-19(8-9-5-10(15)7-11(16)6-9)14(20)12-3-2-4-18-13(12)17/h2-7H,8H2,1H3. The Balaban J connectivity index is 2.18. The molecule has 104 valence electrons. The van der Waals surface area contributed by atoms with E-state index in [0.29, 0.717) is 10.0 Å². The third kappa shape index (κ3) is 3.46. The van der Waals surface area contributed by atoms with Gasteiger partial charge in [-0.15, -0.1) is 0 Å². The van der Waals surface area contributed by atoms with Gasteiger partial charge in [0.15, 0.2) is 0 Å². The average molecular weight is 313 g/mol. The van der Waals surface area contributed by atoms with Gasteiger partial charge in [-0.2, -0.15) is 4.39 Å². The number of rotatable bonds is 3. The largest absolute Gasteiger partial charge is 0.337 e. The van der Waals surface area contributed by atoms with Crippen molar-refractivity contribution in [1.29, 1.82) is 0 Å². The van der Waals surface area contributed by atoms with Crippen molar-refractivity contribution in [1.82, 2.24) is 9.88 Å². The number of aromatic nitrogens is 1. The molecule has 3 nitrogen and oxygen atoms in total. The Morgan fingerprint density at radius 3 is 2.55 bits per heavy atom. The summed E-state index contributed by atoms with van der Waals surface area (Å²) in [6, 6.07) is 7.93. The predicted octanol–water partition coefficient (Wildman–Crippen LogP) is 3.80. The molecule has 2 rings (SSSR count). The zero-order valence-corrected chi connectivity index (χ0v) is 12.1. The van der Waals surface area contributed by atoms with E-state index in [1.165, 1.54) is 23.2 Å². The van der Waals surface area contributed by atoms with Crippen molar-refractivity contribution in [2.75, 3.05) is 7.05 Å². The Hall–Kier alpha value is -1.65. The summed E-state index contributed by atoms with van der Waals surface area (Å²) in [5.74, 6) is -1.24. The van der Waals surface area contributed by atoms with E-state index in [0.717, 1.165) is 5.56 Å². The number of hydrogen-bond donors (Lipinski definition) is 0. The summed E-state index contributed by atoms with van der Waals surface area (Å²) in [6.07, 6.45) is 1.29. The summed E-state index contributed by atoms with van der Waals surface area (Å²) < 4.78 is 13.5. The number of halogens is 3. The first-order valence-electron chi connectivity index (χ1n) is 5.78. The lowest BCUT2D eigenvalue weighted by Crippen LogP contribution is -2.27. The lowest BCUT2D eigenvalue weighted by Gasteiger charge is -2.17. The average Bonchev–Trinajstić information content (AvgIpc) is 2.37. The molecule has 1 aromatic carbocycles. The van der Waals surface area contributed by atoms with Crippen LogP contribution in [0.25, 0.3) is 0 Å². The van der Waals surface area contributed by atoms with E-state index in [-0.39, 0.29) is 12.1 Å². The van der Waals surface area contributed by atoms with Gasteiger partial charge in [-0.25, -0.2) is 4.98 Å². The van der Waals surface area contributed by atoms with Crippen LogP contribution in [0.3, 0.4) is 0 Å². The van der Waals surface area contributed by atoms with Gasteiger partial charge in [-0.1, -0.05) is 23.2 Å². The maximum atomic E-state index is 13.5. The Kier molecular flexibility index (Phi) is 4.57. The molecule has 20 heavy (non-hydrogen) atoms. The van der Waals surface area contributed by atoms with E-state index in [9.17, 15) is 9.18 Å². The van der Waals surface area contributed by atoms with Crippen LogP contribution in [0.4, 0.5) is 4.39 Å². The maximum Gasteiger partial charge on any atom is 0.258 e. The molecule has 0 aliphatic carbocycles. The molecule has 0 fully saturated rings. The molecular weight excluding hydrogens is 302 g/mol.